The zero-order chi connectivity index (χ0) is 33.4. The van der Waals surface area contributed by atoms with Gasteiger partial charge in [-0.1, -0.05) is 114 Å². The van der Waals surface area contributed by atoms with Crippen LogP contribution in [0.2, 0.25) is 0 Å². The Labute approximate surface area is 280 Å². The van der Waals surface area contributed by atoms with Gasteiger partial charge in [0.1, 0.15) is 0 Å². The van der Waals surface area contributed by atoms with Crippen molar-refractivity contribution in [1.29, 1.82) is 0 Å². The van der Waals surface area contributed by atoms with E-state index in [4.69, 9.17) is 9.47 Å². The Hall–Kier alpha value is -2.86. The van der Waals surface area contributed by atoms with Gasteiger partial charge in [0.2, 0.25) is 5.82 Å². The van der Waals surface area contributed by atoms with Gasteiger partial charge in [-0.3, -0.25) is 0 Å². The highest BCUT2D eigenvalue weighted by molar-refractivity contribution is 5.71. The van der Waals surface area contributed by atoms with Gasteiger partial charge >= 0.3 is 0 Å². The van der Waals surface area contributed by atoms with Crippen molar-refractivity contribution in [2.75, 3.05) is 13.2 Å². The highest BCUT2D eigenvalue weighted by atomic mass is 19.2. The number of halogens is 4. The maximum atomic E-state index is 15.2. The van der Waals surface area contributed by atoms with Crippen LogP contribution in [0.4, 0.5) is 17.6 Å². The van der Waals surface area contributed by atoms with Crippen LogP contribution in [-0.4, -0.2) is 19.3 Å². The van der Waals surface area contributed by atoms with Crippen LogP contribution >= 0.6 is 0 Å². The van der Waals surface area contributed by atoms with Gasteiger partial charge < -0.3 is 9.47 Å². The van der Waals surface area contributed by atoms with Crippen molar-refractivity contribution in [1.82, 2.24) is 0 Å². The second-order valence-corrected chi connectivity index (χ2v) is 13.3. The average Bonchev–Trinajstić information content (AvgIpc) is 3.09. The Balaban J connectivity index is 1.25. The molecule has 0 N–H and O–H groups in total. The minimum Gasteiger partial charge on any atom is -0.490 e. The lowest BCUT2D eigenvalue weighted by Gasteiger charge is -2.29. The summed E-state index contributed by atoms with van der Waals surface area (Å²) in [6.07, 6.45) is 18.6. The number of unbranched alkanes of at least 4 members (excludes halogenated alkanes) is 9. The third-order valence-corrected chi connectivity index (χ3v) is 9.62. The first-order chi connectivity index (χ1) is 22.9. The van der Waals surface area contributed by atoms with Gasteiger partial charge in [0.25, 0.3) is 0 Å². The van der Waals surface area contributed by atoms with Crippen molar-refractivity contribution in [3.8, 4) is 28.0 Å². The first-order valence-corrected chi connectivity index (χ1v) is 18.2. The highest BCUT2D eigenvalue weighted by Crippen LogP contribution is 2.33. The first kappa shape index (κ1) is 37.0. The van der Waals surface area contributed by atoms with E-state index < -0.39 is 23.3 Å². The van der Waals surface area contributed by atoms with Crippen molar-refractivity contribution in [3.05, 3.63) is 77.4 Å². The van der Waals surface area contributed by atoms with Crippen molar-refractivity contribution in [2.45, 2.75) is 129 Å². The molecule has 0 bridgehead atoms. The molecule has 1 saturated heterocycles. The number of hydrogen-bond acceptors (Lipinski definition) is 2. The molecule has 1 aliphatic rings. The fourth-order valence-corrected chi connectivity index (χ4v) is 6.63. The fourth-order valence-electron chi connectivity index (χ4n) is 6.63. The second kappa shape index (κ2) is 19.8. The largest absolute Gasteiger partial charge is 0.490 e. The molecule has 1 heterocycles. The fraction of sp³-hybridized carbons (Fsp3) is 0.561. The monoisotopic (exact) mass is 654 g/mol. The topological polar surface area (TPSA) is 18.5 Å². The summed E-state index contributed by atoms with van der Waals surface area (Å²) < 4.78 is 71.7. The van der Waals surface area contributed by atoms with Gasteiger partial charge in [0, 0.05) is 17.7 Å². The molecule has 0 amide bonds. The molecule has 1 aliphatic heterocycles. The van der Waals surface area contributed by atoms with E-state index in [1.165, 1.54) is 69.9 Å². The number of aryl methyl sites for hydroxylation is 1. The highest BCUT2D eigenvalue weighted by Gasteiger charge is 2.22. The van der Waals surface area contributed by atoms with Crippen LogP contribution in [0, 0.1) is 29.2 Å². The summed E-state index contributed by atoms with van der Waals surface area (Å²) in [4.78, 5) is 0. The second-order valence-electron chi connectivity index (χ2n) is 13.3. The molecule has 47 heavy (non-hydrogen) atoms. The van der Waals surface area contributed by atoms with E-state index in [-0.39, 0.29) is 23.0 Å². The van der Waals surface area contributed by atoms with Crippen molar-refractivity contribution >= 4 is 0 Å². The van der Waals surface area contributed by atoms with E-state index in [1.807, 2.05) is 0 Å². The smallest absolute Gasteiger partial charge is 0.201 e. The average molecular weight is 655 g/mol. The summed E-state index contributed by atoms with van der Waals surface area (Å²) in [5, 5.41) is 0. The molecule has 2 atom stereocenters. The van der Waals surface area contributed by atoms with E-state index >= 15 is 13.2 Å². The number of benzene rings is 3. The zero-order valence-electron chi connectivity index (χ0n) is 28.5. The van der Waals surface area contributed by atoms with Crippen LogP contribution < -0.4 is 4.74 Å². The van der Waals surface area contributed by atoms with Gasteiger partial charge in [-0.25, -0.2) is 13.2 Å². The minimum atomic E-state index is -1.02. The van der Waals surface area contributed by atoms with Crippen LogP contribution in [0.3, 0.4) is 0 Å². The molecule has 3 aromatic rings. The predicted octanol–water partition coefficient (Wildman–Crippen LogP) is 12.8. The van der Waals surface area contributed by atoms with Crippen molar-refractivity contribution in [2.24, 2.45) is 5.92 Å². The summed E-state index contributed by atoms with van der Waals surface area (Å²) >= 11 is 0. The molecule has 3 aromatic carbocycles. The Morgan fingerprint density at radius 2 is 1.19 bits per heavy atom. The Morgan fingerprint density at radius 1 is 0.596 bits per heavy atom. The van der Waals surface area contributed by atoms with Gasteiger partial charge in [0.05, 0.1) is 12.7 Å². The van der Waals surface area contributed by atoms with Gasteiger partial charge in [0.15, 0.2) is 23.2 Å². The number of ether oxygens (including phenoxy) is 2. The van der Waals surface area contributed by atoms with Crippen LogP contribution in [0.5, 0.6) is 5.75 Å². The molecule has 1 fully saturated rings. The summed E-state index contributed by atoms with van der Waals surface area (Å²) in [6.45, 7) is 5.60. The third kappa shape index (κ3) is 11.1. The molecular weight excluding hydrogens is 600 g/mol. The molecule has 2 unspecified atom stereocenters. The van der Waals surface area contributed by atoms with Crippen LogP contribution in [0.15, 0.2) is 48.5 Å². The Bertz CT molecular complexity index is 1350. The molecule has 2 nitrogen and oxygen atoms in total. The van der Waals surface area contributed by atoms with Gasteiger partial charge in [-0.2, -0.15) is 4.39 Å². The molecule has 4 rings (SSSR count). The van der Waals surface area contributed by atoms with Crippen molar-refractivity contribution < 1.29 is 27.0 Å². The van der Waals surface area contributed by atoms with Gasteiger partial charge in [-0.05, 0) is 79.7 Å². The quantitative estimate of drug-likeness (QED) is 0.0892. The Kier molecular flexibility index (Phi) is 15.6. The SMILES string of the molecule is CCCCCCCCCOc1ccc(-c2ccc(-c3ccc(CCCCC4CCC(CCCCC)CO4)c(F)c3F)cc2)c(F)c1F. The van der Waals surface area contributed by atoms with Gasteiger partial charge in [-0.15, -0.1) is 0 Å². The minimum absolute atomic E-state index is 0.0877. The van der Waals surface area contributed by atoms with Crippen LogP contribution in [-0.2, 0) is 11.2 Å². The summed E-state index contributed by atoms with van der Waals surface area (Å²) in [5.41, 5.74) is 1.51. The lowest BCUT2D eigenvalue weighted by Crippen LogP contribution is -2.25. The van der Waals surface area contributed by atoms with Crippen molar-refractivity contribution in [3.63, 3.8) is 0 Å². The molecule has 0 aromatic heterocycles. The molecule has 0 aliphatic carbocycles. The normalized spacial score (nSPS) is 16.5. The summed E-state index contributed by atoms with van der Waals surface area (Å²) in [5.74, 6) is -3.13. The number of hydrogen-bond donors (Lipinski definition) is 0. The molecule has 0 spiro atoms. The number of rotatable bonds is 20. The molecular formula is C41H54F4O2. The summed E-state index contributed by atoms with van der Waals surface area (Å²) in [7, 11) is 0. The molecule has 0 saturated carbocycles. The van der Waals surface area contributed by atoms with E-state index in [9.17, 15) is 4.39 Å². The lowest BCUT2D eigenvalue weighted by molar-refractivity contribution is -0.0232. The predicted molar refractivity (Wildman–Crippen MR) is 185 cm³/mol. The maximum Gasteiger partial charge on any atom is 0.201 e. The third-order valence-electron chi connectivity index (χ3n) is 9.62. The maximum absolute atomic E-state index is 15.2. The van der Waals surface area contributed by atoms with Crippen LogP contribution in [0.1, 0.15) is 122 Å². The summed E-state index contributed by atoms with van der Waals surface area (Å²) in [6, 6.07) is 12.6. The van der Waals surface area contributed by atoms with Crippen LogP contribution in [0.25, 0.3) is 22.3 Å². The van der Waals surface area contributed by atoms with E-state index in [0.717, 1.165) is 51.6 Å². The molecule has 6 heteroatoms. The van der Waals surface area contributed by atoms with E-state index in [2.05, 4.69) is 13.8 Å². The van der Waals surface area contributed by atoms with E-state index in [0.29, 0.717) is 35.6 Å². The zero-order valence-corrected chi connectivity index (χ0v) is 28.5. The molecule has 258 valence electrons. The Morgan fingerprint density at radius 3 is 1.85 bits per heavy atom. The standard InChI is InChI=1S/C41H54F4O2/c1-3-5-7-8-9-10-14-28-46-37-27-26-36(40(44)41(37)45)32-21-19-31(20-22-32)35-25-23-33(38(42)39(35)43)16-12-13-17-34-24-18-30(29-47-34)15-11-6-4-2/h19-23,25-27,30,34H,3-18,24,28-29H2,1-2H3. The first-order valence-electron chi connectivity index (χ1n) is 18.2. The van der Waals surface area contributed by atoms with E-state index in [1.54, 1.807) is 36.4 Å². The lowest BCUT2D eigenvalue weighted by atomic mass is 9.91. The molecule has 0 radical (unpaired) electrons.